The van der Waals surface area contributed by atoms with E-state index in [1.54, 1.807) is 11.8 Å². The van der Waals surface area contributed by atoms with Gasteiger partial charge in [-0.3, -0.25) is 0 Å². The first-order valence-corrected chi connectivity index (χ1v) is 7.55. The Bertz CT molecular complexity index is 693. The Labute approximate surface area is 127 Å². The average molecular weight is 295 g/mol. The molecular weight excluding hydrogens is 282 g/mol. The Hall–Kier alpha value is -2.33. The minimum Gasteiger partial charge on any atom is -0.312 e. The zero-order valence-electron chi connectivity index (χ0n) is 11.2. The molecule has 0 bridgehead atoms. The van der Waals surface area contributed by atoms with Crippen molar-refractivity contribution in [3.63, 3.8) is 0 Å². The van der Waals surface area contributed by atoms with Crippen LogP contribution in [0.5, 0.6) is 0 Å². The minimum absolute atomic E-state index is 0.387. The Balaban J connectivity index is 1.75. The van der Waals surface area contributed by atoms with Crippen LogP contribution in [0.1, 0.15) is 5.56 Å². The average Bonchev–Trinajstić information content (AvgIpc) is 2.88. The molecule has 0 spiro atoms. The molecule has 0 saturated heterocycles. The van der Waals surface area contributed by atoms with E-state index in [1.807, 2.05) is 66.7 Å². The van der Waals surface area contributed by atoms with Crippen LogP contribution >= 0.6 is 11.8 Å². The number of carbonyl (C=O) groups is 1. The van der Waals surface area contributed by atoms with Crippen molar-refractivity contribution in [3.05, 3.63) is 71.8 Å². The molecule has 2 aromatic carbocycles. The number of nitrogens with zero attached hydrogens (tertiary/aromatic N) is 1. The predicted octanol–water partition coefficient (Wildman–Crippen LogP) is 3.78. The third-order valence-electron chi connectivity index (χ3n) is 3.00. The Kier molecular flexibility index (Phi) is 4.17. The van der Waals surface area contributed by atoms with E-state index in [9.17, 15) is 4.79 Å². The summed E-state index contributed by atoms with van der Waals surface area (Å²) in [5.41, 5.74) is 2.17. The normalized spacial score (nSPS) is 15.9. The molecule has 0 fully saturated rings. The molecule has 0 N–H and O–H groups in total. The summed E-state index contributed by atoms with van der Waals surface area (Å²) in [5.74, 6) is 0.219. The van der Waals surface area contributed by atoms with E-state index in [2.05, 4.69) is 5.16 Å². The highest BCUT2D eigenvalue weighted by Gasteiger charge is 2.25. The van der Waals surface area contributed by atoms with Gasteiger partial charge in [-0.2, -0.15) is 0 Å². The quantitative estimate of drug-likeness (QED) is 0.489. The fourth-order valence-electron chi connectivity index (χ4n) is 1.94. The first-order valence-electron chi connectivity index (χ1n) is 6.56. The van der Waals surface area contributed by atoms with Gasteiger partial charge in [0.25, 0.3) is 0 Å². The summed E-state index contributed by atoms with van der Waals surface area (Å²) < 4.78 is 0. The maximum atomic E-state index is 11.8. The highest BCUT2D eigenvalue weighted by molar-refractivity contribution is 8.00. The van der Waals surface area contributed by atoms with Gasteiger partial charge in [0.15, 0.2) is 0 Å². The van der Waals surface area contributed by atoms with E-state index < -0.39 is 0 Å². The van der Waals surface area contributed by atoms with E-state index in [-0.39, 0.29) is 5.97 Å². The lowest BCUT2D eigenvalue weighted by Gasteiger charge is -2.01. The minimum atomic E-state index is -0.387. The molecule has 0 aliphatic carbocycles. The number of benzene rings is 2. The molecule has 104 valence electrons. The molecule has 2 aromatic rings. The molecule has 0 saturated carbocycles. The number of carbonyl (C=O) groups excluding carboxylic acids is 1. The van der Waals surface area contributed by atoms with Crippen molar-refractivity contribution >= 4 is 29.5 Å². The fourth-order valence-corrected chi connectivity index (χ4v) is 2.80. The van der Waals surface area contributed by atoms with Crippen molar-refractivity contribution < 1.29 is 9.63 Å². The van der Waals surface area contributed by atoms with E-state index in [4.69, 9.17) is 4.84 Å². The van der Waals surface area contributed by atoms with Gasteiger partial charge in [0.05, 0.1) is 5.57 Å². The van der Waals surface area contributed by atoms with Gasteiger partial charge in [0.1, 0.15) is 5.71 Å². The van der Waals surface area contributed by atoms with Crippen LogP contribution in [0.3, 0.4) is 0 Å². The summed E-state index contributed by atoms with van der Waals surface area (Å²) in [4.78, 5) is 17.7. The Morgan fingerprint density at radius 2 is 1.67 bits per heavy atom. The largest absolute Gasteiger partial charge is 0.367 e. The van der Waals surface area contributed by atoms with E-state index in [0.29, 0.717) is 17.0 Å². The van der Waals surface area contributed by atoms with Crippen molar-refractivity contribution in [3.8, 4) is 0 Å². The number of oxime groups is 1. The third kappa shape index (κ3) is 3.41. The SMILES string of the molecule is O=C1ON=C(CSc2ccccc2)/C1=C/c1ccccc1. The van der Waals surface area contributed by atoms with Crippen LogP contribution in [-0.2, 0) is 9.63 Å². The second kappa shape index (κ2) is 6.41. The molecule has 0 aromatic heterocycles. The Morgan fingerprint density at radius 3 is 2.38 bits per heavy atom. The topological polar surface area (TPSA) is 38.7 Å². The first-order chi connectivity index (χ1) is 10.3. The lowest BCUT2D eigenvalue weighted by atomic mass is 10.1. The monoisotopic (exact) mass is 295 g/mol. The van der Waals surface area contributed by atoms with Crippen LogP contribution in [0.4, 0.5) is 0 Å². The maximum Gasteiger partial charge on any atom is 0.367 e. The summed E-state index contributed by atoms with van der Waals surface area (Å²) in [6.45, 7) is 0. The second-order valence-electron chi connectivity index (χ2n) is 4.49. The van der Waals surface area contributed by atoms with Crippen LogP contribution in [0.15, 0.2) is 76.3 Å². The number of rotatable bonds is 4. The summed E-state index contributed by atoms with van der Waals surface area (Å²) in [5, 5.41) is 3.89. The van der Waals surface area contributed by atoms with Crippen molar-refractivity contribution in [2.24, 2.45) is 5.16 Å². The smallest absolute Gasteiger partial charge is 0.312 e. The van der Waals surface area contributed by atoms with Gasteiger partial charge in [-0.25, -0.2) is 4.79 Å². The molecule has 3 rings (SSSR count). The number of hydrogen-bond acceptors (Lipinski definition) is 4. The van der Waals surface area contributed by atoms with Gasteiger partial charge < -0.3 is 4.84 Å². The zero-order valence-corrected chi connectivity index (χ0v) is 12.0. The fraction of sp³-hybridized carbons (Fsp3) is 0.0588. The Morgan fingerprint density at radius 1 is 1.00 bits per heavy atom. The maximum absolute atomic E-state index is 11.8. The van der Waals surface area contributed by atoms with Crippen molar-refractivity contribution in [1.82, 2.24) is 0 Å². The number of thioether (sulfide) groups is 1. The van der Waals surface area contributed by atoms with Crippen molar-refractivity contribution in [2.45, 2.75) is 4.90 Å². The zero-order chi connectivity index (χ0) is 14.5. The van der Waals surface area contributed by atoms with Gasteiger partial charge in [0, 0.05) is 10.6 Å². The van der Waals surface area contributed by atoms with E-state index in [1.165, 1.54) is 0 Å². The summed E-state index contributed by atoms with van der Waals surface area (Å²) in [7, 11) is 0. The molecule has 1 aliphatic rings. The van der Waals surface area contributed by atoms with Crippen LogP contribution < -0.4 is 0 Å². The summed E-state index contributed by atoms with van der Waals surface area (Å²) >= 11 is 1.63. The van der Waals surface area contributed by atoms with Crippen molar-refractivity contribution in [1.29, 1.82) is 0 Å². The molecule has 1 heterocycles. The van der Waals surface area contributed by atoms with Gasteiger partial charge in [-0.05, 0) is 23.8 Å². The predicted molar refractivity (Wildman–Crippen MR) is 85.1 cm³/mol. The molecule has 3 nitrogen and oxygen atoms in total. The molecule has 0 unspecified atom stereocenters. The molecule has 0 atom stereocenters. The molecule has 1 aliphatic heterocycles. The van der Waals surface area contributed by atoms with Gasteiger partial charge in [0.2, 0.25) is 0 Å². The molecule has 0 amide bonds. The van der Waals surface area contributed by atoms with Crippen LogP contribution in [-0.4, -0.2) is 17.4 Å². The molecule has 0 radical (unpaired) electrons. The lowest BCUT2D eigenvalue weighted by molar-refractivity contribution is -0.136. The van der Waals surface area contributed by atoms with Crippen LogP contribution in [0, 0.1) is 0 Å². The number of hydrogen-bond donors (Lipinski definition) is 0. The molecule has 4 heteroatoms. The third-order valence-corrected chi connectivity index (χ3v) is 4.02. The van der Waals surface area contributed by atoms with Crippen LogP contribution in [0.2, 0.25) is 0 Å². The highest BCUT2D eigenvalue weighted by atomic mass is 32.2. The second-order valence-corrected chi connectivity index (χ2v) is 5.54. The van der Waals surface area contributed by atoms with E-state index in [0.717, 1.165) is 10.5 Å². The standard InChI is InChI=1S/C17H13NO2S/c19-17-15(11-13-7-3-1-4-8-13)16(18-20-17)12-21-14-9-5-2-6-10-14/h1-11H,12H2/b15-11-. The van der Waals surface area contributed by atoms with Gasteiger partial charge in [-0.15, -0.1) is 11.8 Å². The summed E-state index contributed by atoms with van der Waals surface area (Å²) in [6, 6.07) is 19.7. The highest BCUT2D eigenvalue weighted by Crippen LogP contribution is 2.23. The van der Waals surface area contributed by atoms with Gasteiger partial charge in [-0.1, -0.05) is 53.7 Å². The lowest BCUT2D eigenvalue weighted by Crippen LogP contribution is -2.07. The van der Waals surface area contributed by atoms with Crippen molar-refractivity contribution in [2.75, 3.05) is 5.75 Å². The first kappa shape index (κ1) is 13.6. The van der Waals surface area contributed by atoms with Crippen LogP contribution in [0.25, 0.3) is 6.08 Å². The summed E-state index contributed by atoms with van der Waals surface area (Å²) in [6.07, 6.45) is 1.82. The van der Waals surface area contributed by atoms with E-state index >= 15 is 0 Å². The molecule has 21 heavy (non-hydrogen) atoms. The van der Waals surface area contributed by atoms with Gasteiger partial charge >= 0.3 is 5.97 Å². The molecular formula is C17H13NO2S.